The largest absolute Gasteiger partial charge is 0.325 e. The van der Waals surface area contributed by atoms with Crippen LogP contribution in [0.4, 0.5) is 5.69 Å². The van der Waals surface area contributed by atoms with Gasteiger partial charge in [0.25, 0.3) is 0 Å². The number of benzene rings is 1. The molecule has 1 saturated carbocycles. The van der Waals surface area contributed by atoms with Crippen LogP contribution in [0.5, 0.6) is 0 Å². The zero-order chi connectivity index (χ0) is 15.4. The minimum absolute atomic E-state index is 0.0802. The summed E-state index contributed by atoms with van der Waals surface area (Å²) < 4.78 is 2.04. The van der Waals surface area contributed by atoms with Crippen molar-refractivity contribution in [1.82, 2.24) is 14.8 Å². The van der Waals surface area contributed by atoms with Gasteiger partial charge in [-0.05, 0) is 30.5 Å². The first kappa shape index (κ1) is 14.6. The summed E-state index contributed by atoms with van der Waals surface area (Å²) in [6.45, 7) is 0. The van der Waals surface area contributed by atoms with E-state index in [0.29, 0.717) is 18.2 Å². The predicted molar refractivity (Wildman–Crippen MR) is 83.4 cm³/mol. The molecule has 6 nitrogen and oxygen atoms in total. The van der Waals surface area contributed by atoms with Gasteiger partial charge in [0, 0.05) is 11.7 Å². The Labute approximate surface area is 132 Å². The van der Waals surface area contributed by atoms with Gasteiger partial charge in [-0.2, -0.15) is 5.26 Å². The van der Waals surface area contributed by atoms with Gasteiger partial charge in [-0.3, -0.25) is 4.79 Å². The van der Waals surface area contributed by atoms with E-state index >= 15 is 0 Å². The molecule has 1 aromatic carbocycles. The predicted octanol–water partition coefficient (Wildman–Crippen LogP) is 2.41. The molecule has 7 heteroatoms. The van der Waals surface area contributed by atoms with Gasteiger partial charge in [0.15, 0.2) is 5.16 Å². The van der Waals surface area contributed by atoms with Crippen LogP contribution in [0.3, 0.4) is 0 Å². The molecule has 0 unspecified atom stereocenters. The fraction of sp³-hybridized carbons (Fsp3) is 0.333. The fourth-order valence-electron chi connectivity index (χ4n) is 2.06. The molecule has 0 bridgehead atoms. The monoisotopic (exact) mass is 313 g/mol. The molecule has 112 valence electrons. The summed E-state index contributed by atoms with van der Waals surface area (Å²) in [5.74, 6) is 0.217. The molecule has 1 fully saturated rings. The lowest BCUT2D eigenvalue weighted by Gasteiger charge is -2.06. The number of hydrogen-bond donors (Lipinski definition) is 1. The highest BCUT2D eigenvalue weighted by atomic mass is 32.2. The Bertz CT molecular complexity index is 699. The van der Waals surface area contributed by atoms with Crippen molar-refractivity contribution >= 4 is 23.4 Å². The zero-order valence-corrected chi connectivity index (χ0v) is 12.7. The Morgan fingerprint density at radius 3 is 2.86 bits per heavy atom. The first-order valence-corrected chi connectivity index (χ1v) is 8.03. The molecule has 0 aliphatic heterocycles. The molecule has 2 aromatic rings. The standard InChI is InChI=1S/C15H15N5OS/c16-8-7-11-1-3-12(4-2-11)18-14(21)9-22-15-19-17-10-20(15)13-5-6-13/h1-4,10,13H,5-7,9H2,(H,18,21). The van der Waals surface area contributed by atoms with Crippen molar-refractivity contribution in [3.05, 3.63) is 36.2 Å². The van der Waals surface area contributed by atoms with Gasteiger partial charge >= 0.3 is 0 Å². The van der Waals surface area contributed by atoms with Crippen LogP contribution in [0, 0.1) is 11.3 Å². The van der Waals surface area contributed by atoms with E-state index in [-0.39, 0.29) is 5.91 Å². The Morgan fingerprint density at radius 1 is 1.41 bits per heavy atom. The van der Waals surface area contributed by atoms with E-state index in [1.807, 2.05) is 28.8 Å². The maximum atomic E-state index is 12.0. The fourth-order valence-corrected chi connectivity index (χ4v) is 2.85. The van der Waals surface area contributed by atoms with E-state index in [0.717, 1.165) is 29.2 Å². The lowest BCUT2D eigenvalue weighted by molar-refractivity contribution is -0.113. The van der Waals surface area contributed by atoms with Gasteiger partial charge in [-0.15, -0.1) is 10.2 Å². The number of carbonyl (C=O) groups is 1. The Morgan fingerprint density at radius 2 is 2.18 bits per heavy atom. The summed E-state index contributed by atoms with van der Waals surface area (Å²) in [6.07, 6.45) is 4.42. The van der Waals surface area contributed by atoms with Gasteiger partial charge in [0.1, 0.15) is 6.33 Å². The maximum Gasteiger partial charge on any atom is 0.234 e. The molecule has 0 spiro atoms. The van der Waals surface area contributed by atoms with Crippen molar-refractivity contribution in [3.63, 3.8) is 0 Å². The number of carbonyl (C=O) groups excluding carboxylic acids is 1. The average molecular weight is 313 g/mol. The van der Waals surface area contributed by atoms with Crippen LogP contribution in [0.1, 0.15) is 24.4 Å². The van der Waals surface area contributed by atoms with Crippen molar-refractivity contribution in [2.45, 2.75) is 30.5 Å². The van der Waals surface area contributed by atoms with Gasteiger partial charge in [-0.1, -0.05) is 23.9 Å². The number of nitriles is 1. The first-order valence-electron chi connectivity index (χ1n) is 7.04. The van der Waals surface area contributed by atoms with Crippen molar-refractivity contribution < 1.29 is 4.79 Å². The van der Waals surface area contributed by atoms with Crippen LogP contribution >= 0.6 is 11.8 Å². The van der Waals surface area contributed by atoms with E-state index in [2.05, 4.69) is 21.6 Å². The highest BCUT2D eigenvalue weighted by Gasteiger charge is 2.26. The molecule has 1 amide bonds. The van der Waals surface area contributed by atoms with Crippen molar-refractivity contribution in [2.75, 3.05) is 11.1 Å². The summed E-state index contributed by atoms with van der Waals surface area (Å²) in [6, 6.07) is 9.90. The first-order chi connectivity index (χ1) is 10.8. The number of rotatable bonds is 6. The molecule has 0 atom stereocenters. The number of anilines is 1. The van der Waals surface area contributed by atoms with E-state index in [9.17, 15) is 4.79 Å². The highest BCUT2D eigenvalue weighted by Crippen LogP contribution is 2.37. The zero-order valence-electron chi connectivity index (χ0n) is 11.9. The molecule has 22 heavy (non-hydrogen) atoms. The minimum atomic E-state index is -0.0802. The molecule has 1 aliphatic carbocycles. The lowest BCUT2D eigenvalue weighted by atomic mass is 10.1. The maximum absolute atomic E-state index is 12.0. The number of hydrogen-bond acceptors (Lipinski definition) is 5. The molecule has 1 N–H and O–H groups in total. The Kier molecular flexibility index (Phi) is 4.39. The van der Waals surface area contributed by atoms with Gasteiger partial charge < -0.3 is 9.88 Å². The number of aromatic nitrogens is 3. The van der Waals surface area contributed by atoms with Crippen LogP contribution < -0.4 is 5.32 Å². The average Bonchev–Trinajstić information content (AvgIpc) is 3.26. The second-order valence-corrected chi connectivity index (χ2v) is 6.06. The van der Waals surface area contributed by atoms with E-state index in [1.54, 1.807) is 6.33 Å². The number of thioether (sulfide) groups is 1. The van der Waals surface area contributed by atoms with Crippen molar-refractivity contribution in [2.24, 2.45) is 0 Å². The SMILES string of the molecule is N#CCc1ccc(NC(=O)CSc2nncn2C2CC2)cc1. The third-order valence-corrected chi connectivity index (χ3v) is 4.29. The summed E-state index contributed by atoms with van der Waals surface area (Å²) in [7, 11) is 0. The number of nitrogens with zero attached hydrogens (tertiary/aromatic N) is 4. The molecular formula is C15H15N5OS. The second-order valence-electron chi connectivity index (χ2n) is 5.12. The van der Waals surface area contributed by atoms with Crippen LogP contribution in [-0.2, 0) is 11.2 Å². The minimum Gasteiger partial charge on any atom is -0.325 e. The topological polar surface area (TPSA) is 83.6 Å². The quantitative estimate of drug-likeness (QED) is 0.828. The molecule has 1 aliphatic rings. The van der Waals surface area contributed by atoms with Crippen molar-refractivity contribution in [3.8, 4) is 6.07 Å². The van der Waals surface area contributed by atoms with Crippen LogP contribution in [0.15, 0.2) is 35.7 Å². The summed E-state index contributed by atoms with van der Waals surface area (Å²) in [5, 5.41) is 20.2. The normalized spacial score (nSPS) is 13.6. The molecule has 1 aromatic heterocycles. The van der Waals surface area contributed by atoms with E-state index in [1.165, 1.54) is 11.8 Å². The second kappa shape index (κ2) is 6.62. The van der Waals surface area contributed by atoms with Crippen LogP contribution in [0.2, 0.25) is 0 Å². The highest BCUT2D eigenvalue weighted by molar-refractivity contribution is 7.99. The molecular weight excluding hydrogens is 298 g/mol. The van der Waals surface area contributed by atoms with E-state index in [4.69, 9.17) is 5.26 Å². The van der Waals surface area contributed by atoms with Crippen LogP contribution in [-0.4, -0.2) is 26.4 Å². The molecule has 3 rings (SSSR count). The van der Waals surface area contributed by atoms with Gasteiger partial charge in [0.05, 0.1) is 18.2 Å². The Hall–Kier alpha value is -2.33. The molecule has 0 saturated heterocycles. The third-order valence-electron chi connectivity index (χ3n) is 3.33. The summed E-state index contributed by atoms with van der Waals surface area (Å²) in [4.78, 5) is 12.0. The summed E-state index contributed by atoms with van der Waals surface area (Å²) >= 11 is 1.39. The molecule has 0 radical (unpaired) electrons. The van der Waals surface area contributed by atoms with E-state index < -0.39 is 0 Å². The number of amides is 1. The number of nitrogens with one attached hydrogen (secondary N) is 1. The lowest BCUT2D eigenvalue weighted by Crippen LogP contribution is -2.14. The van der Waals surface area contributed by atoms with Gasteiger partial charge in [-0.25, -0.2) is 0 Å². The van der Waals surface area contributed by atoms with Crippen LogP contribution in [0.25, 0.3) is 0 Å². The van der Waals surface area contributed by atoms with Crippen molar-refractivity contribution in [1.29, 1.82) is 5.26 Å². The third kappa shape index (κ3) is 3.65. The Balaban J connectivity index is 1.51. The summed E-state index contributed by atoms with van der Waals surface area (Å²) in [5.41, 5.74) is 1.67. The smallest absolute Gasteiger partial charge is 0.234 e. The van der Waals surface area contributed by atoms with Gasteiger partial charge in [0.2, 0.25) is 5.91 Å². The molecule has 1 heterocycles.